The van der Waals surface area contributed by atoms with Gasteiger partial charge in [0.15, 0.2) is 0 Å². The zero-order chi connectivity index (χ0) is 28.9. The molecule has 41 heavy (non-hydrogen) atoms. The lowest BCUT2D eigenvalue weighted by Crippen LogP contribution is -2.58. The van der Waals surface area contributed by atoms with E-state index in [0.717, 1.165) is 63.4 Å². The summed E-state index contributed by atoms with van der Waals surface area (Å²) in [7, 11) is 0. The number of urea groups is 1. The van der Waals surface area contributed by atoms with E-state index < -0.39 is 29.7 Å². The first kappa shape index (κ1) is 31.0. The Morgan fingerprint density at radius 3 is 2.20 bits per heavy atom. The van der Waals surface area contributed by atoms with Crippen molar-refractivity contribution in [3.05, 3.63) is 35.9 Å². The topological polar surface area (TPSA) is 126 Å². The summed E-state index contributed by atoms with van der Waals surface area (Å²) in [5.41, 5.74) is 0.921. The Balaban J connectivity index is 1.43. The Bertz CT molecular complexity index is 988. The third kappa shape index (κ3) is 10.1. The zero-order valence-corrected chi connectivity index (χ0v) is 24.1. The number of ketones is 1. The minimum absolute atomic E-state index is 0.0337. The average molecular weight is 571 g/mol. The van der Waals surface area contributed by atoms with Crippen LogP contribution >= 0.6 is 0 Å². The van der Waals surface area contributed by atoms with E-state index in [1.807, 2.05) is 30.3 Å². The molecule has 1 heterocycles. The van der Waals surface area contributed by atoms with E-state index in [1.54, 1.807) is 4.90 Å². The summed E-state index contributed by atoms with van der Waals surface area (Å²) in [6.45, 7) is 1.92. The number of carbonyl (C=O) groups is 4. The van der Waals surface area contributed by atoms with Crippen molar-refractivity contribution in [2.24, 2.45) is 5.92 Å². The Morgan fingerprint density at radius 2 is 1.51 bits per heavy atom. The number of amides is 4. The number of nitrogens with zero attached hydrogens (tertiary/aromatic N) is 1. The van der Waals surface area contributed by atoms with Crippen LogP contribution in [-0.4, -0.2) is 79.6 Å². The maximum Gasteiger partial charge on any atom is 0.318 e. The van der Waals surface area contributed by atoms with Gasteiger partial charge in [0.25, 0.3) is 5.91 Å². The van der Waals surface area contributed by atoms with Crippen LogP contribution < -0.4 is 16.0 Å². The van der Waals surface area contributed by atoms with E-state index >= 15 is 0 Å². The van der Waals surface area contributed by atoms with Gasteiger partial charge in [-0.25, -0.2) is 4.79 Å². The van der Waals surface area contributed by atoms with Crippen LogP contribution in [0.1, 0.15) is 76.2 Å². The number of Topliss-reactive ketones (excluding diaryl/α,β-unsaturated/α-hetero) is 1. The summed E-state index contributed by atoms with van der Waals surface area (Å²) in [5.74, 6) is -1.59. The molecule has 2 aliphatic carbocycles. The second kappa shape index (κ2) is 16.5. The van der Waals surface area contributed by atoms with E-state index in [2.05, 4.69) is 16.0 Å². The lowest BCUT2D eigenvalue weighted by atomic mass is 9.84. The first-order valence-electron chi connectivity index (χ1n) is 15.4. The van der Waals surface area contributed by atoms with Crippen molar-refractivity contribution in [1.29, 1.82) is 0 Å². The highest BCUT2D eigenvalue weighted by atomic mass is 16.5. The average Bonchev–Trinajstić information content (AvgIpc) is 3.01. The lowest BCUT2D eigenvalue weighted by Gasteiger charge is -2.31. The van der Waals surface area contributed by atoms with Crippen molar-refractivity contribution in [3.63, 3.8) is 0 Å². The maximum atomic E-state index is 13.7. The van der Waals surface area contributed by atoms with Crippen molar-refractivity contribution in [3.8, 4) is 0 Å². The maximum absolute atomic E-state index is 13.7. The molecule has 4 rings (SSSR count). The molecule has 1 aromatic carbocycles. The number of carbonyl (C=O) groups excluding carboxylic acids is 4. The first-order valence-corrected chi connectivity index (χ1v) is 15.4. The van der Waals surface area contributed by atoms with Gasteiger partial charge >= 0.3 is 6.03 Å². The minimum atomic E-state index is -1.16. The van der Waals surface area contributed by atoms with Crippen LogP contribution in [0.3, 0.4) is 0 Å². The van der Waals surface area contributed by atoms with E-state index in [0.29, 0.717) is 38.6 Å². The van der Waals surface area contributed by atoms with Gasteiger partial charge in [0.1, 0.15) is 12.1 Å². The van der Waals surface area contributed by atoms with Gasteiger partial charge in [0.2, 0.25) is 11.7 Å². The lowest BCUT2D eigenvalue weighted by molar-refractivity contribution is -0.142. The third-order valence-electron chi connectivity index (χ3n) is 8.40. The Kier molecular flexibility index (Phi) is 12.4. The highest BCUT2D eigenvalue weighted by Gasteiger charge is 2.33. The number of hydrogen-bond donors (Lipinski definition) is 3. The molecule has 1 aromatic rings. The quantitative estimate of drug-likeness (QED) is 0.332. The summed E-state index contributed by atoms with van der Waals surface area (Å²) < 4.78 is 11.2. The van der Waals surface area contributed by atoms with Crippen molar-refractivity contribution in [2.45, 2.75) is 95.4 Å². The first-order chi connectivity index (χ1) is 20.0. The van der Waals surface area contributed by atoms with Gasteiger partial charge in [-0.3, -0.25) is 14.4 Å². The Morgan fingerprint density at radius 1 is 0.854 bits per heavy atom. The molecule has 0 radical (unpaired) electrons. The molecule has 0 aromatic heterocycles. The molecule has 1 aliphatic heterocycles. The molecule has 10 nitrogen and oxygen atoms in total. The van der Waals surface area contributed by atoms with Crippen molar-refractivity contribution in [2.75, 3.05) is 32.9 Å². The predicted molar refractivity (Wildman–Crippen MR) is 154 cm³/mol. The van der Waals surface area contributed by atoms with E-state index in [1.165, 1.54) is 6.42 Å². The molecule has 226 valence electrons. The number of rotatable bonds is 12. The molecule has 0 spiro atoms. The molecule has 3 fully saturated rings. The number of nitrogens with one attached hydrogen (secondary N) is 3. The third-order valence-corrected chi connectivity index (χ3v) is 8.40. The Hall–Kier alpha value is -2.98. The minimum Gasteiger partial charge on any atom is -0.378 e. The van der Waals surface area contributed by atoms with Crippen molar-refractivity contribution < 1.29 is 28.7 Å². The second-order valence-electron chi connectivity index (χ2n) is 11.6. The normalized spacial score (nSPS) is 20.0. The summed E-state index contributed by atoms with van der Waals surface area (Å²) in [5, 5.41) is 8.58. The fourth-order valence-electron chi connectivity index (χ4n) is 5.98. The van der Waals surface area contributed by atoms with Gasteiger partial charge in [0.05, 0.1) is 26.4 Å². The highest BCUT2D eigenvalue weighted by Crippen LogP contribution is 2.27. The number of ether oxygens (including phenoxy) is 2. The summed E-state index contributed by atoms with van der Waals surface area (Å²) in [4.78, 5) is 54.7. The zero-order valence-electron chi connectivity index (χ0n) is 24.1. The van der Waals surface area contributed by atoms with Crippen LogP contribution in [-0.2, 0) is 30.5 Å². The van der Waals surface area contributed by atoms with E-state index in [9.17, 15) is 19.2 Å². The second-order valence-corrected chi connectivity index (χ2v) is 11.6. The molecule has 2 saturated carbocycles. The van der Waals surface area contributed by atoms with Crippen molar-refractivity contribution >= 4 is 23.6 Å². The summed E-state index contributed by atoms with van der Waals surface area (Å²) in [6.07, 6.45) is 10.7. The van der Waals surface area contributed by atoms with Crippen LogP contribution in [0.5, 0.6) is 0 Å². The van der Waals surface area contributed by atoms with Gasteiger partial charge in [-0.05, 0) is 30.7 Å². The fraction of sp³-hybridized carbons (Fsp3) is 0.677. The van der Waals surface area contributed by atoms with Crippen LogP contribution in [0.15, 0.2) is 30.3 Å². The summed E-state index contributed by atoms with van der Waals surface area (Å²) >= 11 is 0. The van der Waals surface area contributed by atoms with Crippen LogP contribution in [0, 0.1) is 5.92 Å². The monoisotopic (exact) mass is 570 g/mol. The standard InChI is InChI=1S/C31H46N4O6/c36-28(30(38)32-25-14-8-3-9-15-25)27(22-41-21-24-12-6-2-7-13-24)33-29(37)26(20-23-10-4-1-5-11-23)34-31(39)35-16-18-40-19-17-35/h2,6-7,12-13,23,25-27H,1,3-5,8-11,14-22H2,(H,32,38)(H,33,37)(H,34,39)/t26-,27?/m1/s1. The van der Waals surface area contributed by atoms with Gasteiger partial charge in [-0.2, -0.15) is 0 Å². The molecule has 10 heteroatoms. The van der Waals surface area contributed by atoms with Crippen molar-refractivity contribution in [1.82, 2.24) is 20.9 Å². The molecule has 1 saturated heterocycles. The van der Waals surface area contributed by atoms with Gasteiger partial charge in [0, 0.05) is 19.1 Å². The van der Waals surface area contributed by atoms with Crippen LogP contribution in [0.2, 0.25) is 0 Å². The van der Waals surface area contributed by atoms with E-state index in [-0.39, 0.29) is 25.3 Å². The molecule has 4 amide bonds. The van der Waals surface area contributed by atoms with Crippen LogP contribution in [0.4, 0.5) is 4.79 Å². The largest absolute Gasteiger partial charge is 0.378 e. The Labute approximate surface area is 243 Å². The van der Waals surface area contributed by atoms with E-state index in [4.69, 9.17) is 9.47 Å². The molecule has 0 bridgehead atoms. The van der Waals surface area contributed by atoms with Gasteiger partial charge < -0.3 is 30.3 Å². The SMILES string of the molecule is O=C(NC1CCCCC1)C(=O)C(COCc1ccccc1)NC(=O)[C@@H](CC1CCCCC1)NC(=O)N1CCOCC1. The fourth-order valence-corrected chi connectivity index (χ4v) is 5.98. The molecular weight excluding hydrogens is 524 g/mol. The molecule has 1 unspecified atom stereocenters. The molecule has 3 aliphatic rings. The summed E-state index contributed by atoms with van der Waals surface area (Å²) in [6, 6.07) is 7.18. The van der Waals surface area contributed by atoms with Crippen LogP contribution in [0.25, 0.3) is 0 Å². The predicted octanol–water partition coefficient (Wildman–Crippen LogP) is 3.09. The smallest absolute Gasteiger partial charge is 0.318 e. The number of morpholine rings is 1. The highest BCUT2D eigenvalue weighted by molar-refractivity contribution is 6.38. The molecule has 3 N–H and O–H groups in total. The van der Waals surface area contributed by atoms with Gasteiger partial charge in [-0.1, -0.05) is 81.7 Å². The molecule has 2 atom stereocenters. The van der Waals surface area contributed by atoms with Gasteiger partial charge in [-0.15, -0.1) is 0 Å². The molecular formula is C31H46N4O6. The number of benzene rings is 1. The number of hydrogen-bond acceptors (Lipinski definition) is 6.